The summed E-state index contributed by atoms with van der Waals surface area (Å²) < 4.78 is 5.57. The molecule has 16 heavy (non-hydrogen) atoms. The molecule has 0 atom stereocenters. The van der Waals surface area contributed by atoms with E-state index < -0.39 is 8.32 Å². The lowest BCUT2D eigenvalue weighted by Crippen LogP contribution is -2.21. The number of allylic oxidation sites excluding steroid dienone is 1. The third-order valence-corrected chi connectivity index (χ3v) is 2.59. The van der Waals surface area contributed by atoms with Crippen molar-refractivity contribution in [2.45, 2.75) is 26.1 Å². The van der Waals surface area contributed by atoms with Crippen LogP contribution in [0.2, 0.25) is 19.6 Å². The molecule has 0 unspecified atom stereocenters. The molecule has 0 aliphatic rings. The highest BCUT2D eigenvalue weighted by Crippen LogP contribution is 2.02. The van der Waals surface area contributed by atoms with E-state index in [-0.39, 0.29) is 0 Å². The second kappa shape index (κ2) is 6.19. The Labute approximate surface area is 99.3 Å². The molecule has 0 aromatic heterocycles. The van der Waals surface area contributed by atoms with Gasteiger partial charge in [-0.3, -0.25) is 0 Å². The summed E-state index contributed by atoms with van der Waals surface area (Å²) in [7, 11) is -1.42. The van der Waals surface area contributed by atoms with E-state index in [1.807, 2.05) is 36.4 Å². The van der Waals surface area contributed by atoms with E-state index in [1.165, 1.54) is 0 Å². The molecule has 1 rings (SSSR count). The highest BCUT2D eigenvalue weighted by Gasteiger charge is 2.12. The molecule has 0 spiro atoms. The Bertz CT molecular complexity index is 390. The molecule has 2 heteroatoms. The van der Waals surface area contributed by atoms with Crippen molar-refractivity contribution in [2.75, 3.05) is 0 Å². The Hall–Kier alpha value is -1.46. The summed E-state index contributed by atoms with van der Waals surface area (Å²) in [6.07, 6.45) is 4.49. The van der Waals surface area contributed by atoms with Crippen molar-refractivity contribution in [3.8, 4) is 11.8 Å². The average molecular weight is 230 g/mol. The van der Waals surface area contributed by atoms with Crippen LogP contribution in [0.15, 0.2) is 42.7 Å². The summed E-state index contributed by atoms with van der Waals surface area (Å²) in [4.78, 5) is 0. The van der Waals surface area contributed by atoms with Crippen LogP contribution >= 0.6 is 0 Å². The van der Waals surface area contributed by atoms with Gasteiger partial charge in [0.1, 0.15) is 0 Å². The van der Waals surface area contributed by atoms with Gasteiger partial charge in [-0.25, -0.2) is 0 Å². The normalized spacial score (nSPS) is 10.9. The van der Waals surface area contributed by atoms with Crippen molar-refractivity contribution >= 4 is 8.32 Å². The Morgan fingerprint density at radius 2 is 1.88 bits per heavy atom. The van der Waals surface area contributed by atoms with E-state index in [1.54, 1.807) is 6.26 Å². The lowest BCUT2D eigenvalue weighted by molar-refractivity contribution is 0.478. The molecule has 0 amide bonds. The first-order chi connectivity index (χ1) is 7.58. The first-order valence-corrected chi connectivity index (χ1v) is 8.85. The minimum absolute atomic E-state index is 0.735. The standard InChI is InChI=1S/C14H18OSi/c1-16(2,3)15-13-9-5-8-12-14-10-6-4-7-11-14/h4,6-7,9-11,13H,5H2,1-3H3/b13-9+. The van der Waals surface area contributed by atoms with Crippen LogP contribution in [-0.2, 0) is 4.43 Å². The molecule has 0 aliphatic heterocycles. The number of rotatable bonds is 3. The van der Waals surface area contributed by atoms with Gasteiger partial charge in [0.25, 0.3) is 0 Å². The Morgan fingerprint density at radius 3 is 2.50 bits per heavy atom. The molecule has 0 radical (unpaired) electrons. The third-order valence-electron chi connectivity index (χ3n) is 1.74. The van der Waals surface area contributed by atoms with Gasteiger partial charge in [-0.15, -0.1) is 0 Å². The molecule has 0 heterocycles. The van der Waals surface area contributed by atoms with Gasteiger partial charge in [0.05, 0.1) is 6.26 Å². The van der Waals surface area contributed by atoms with Gasteiger partial charge in [-0.05, 0) is 37.8 Å². The molecule has 0 fully saturated rings. The predicted octanol–water partition coefficient (Wildman–Crippen LogP) is 3.79. The third kappa shape index (κ3) is 6.10. The Kier molecular flexibility index (Phi) is 4.88. The van der Waals surface area contributed by atoms with E-state index in [0.717, 1.165) is 12.0 Å². The Balaban J connectivity index is 2.34. The second-order valence-corrected chi connectivity index (χ2v) is 8.93. The summed E-state index contributed by atoms with van der Waals surface area (Å²) in [6, 6.07) is 10.00. The van der Waals surface area contributed by atoms with E-state index in [9.17, 15) is 0 Å². The average Bonchev–Trinajstić information content (AvgIpc) is 2.23. The maximum Gasteiger partial charge on any atom is 0.241 e. The molecular weight excluding hydrogens is 212 g/mol. The van der Waals surface area contributed by atoms with Gasteiger partial charge in [0, 0.05) is 12.0 Å². The second-order valence-electron chi connectivity index (χ2n) is 4.47. The maximum absolute atomic E-state index is 5.57. The summed E-state index contributed by atoms with van der Waals surface area (Å²) in [5.74, 6) is 6.18. The topological polar surface area (TPSA) is 9.23 Å². The monoisotopic (exact) mass is 230 g/mol. The molecule has 0 saturated heterocycles. The lowest BCUT2D eigenvalue weighted by atomic mass is 10.2. The van der Waals surface area contributed by atoms with E-state index in [4.69, 9.17) is 4.43 Å². The van der Waals surface area contributed by atoms with E-state index in [2.05, 4.69) is 31.5 Å². The van der Waals surface area contributed by atoms with Crippen molar-refractivity contribution in [1.29, 1.82) is 0 Å². The molecule has 1 nitrogen and oxygen atoms in total. The fourth-order valence-corrected chi connectivity index (χ4v) is 1.54. The van der Waals surface area contributed by atoms with Crippen molar-refractivity contribution in [2.24, 2.45) is 0 Å². The quantitative estimate of drug-likeness (QED) is 0.436. The number of benzene rings is 1. The van der Waals surface area contributed by atoms with Gasteiger partial charge in [0.15, 0.2) is 0 Å². The summed E-state index contributed by atoms with van der Waals surface area (Å²) >= 11 is 0. The highest BCUT2D eigenvalue weighted by molar-refractivity contribution is 6.69. The van der Waals surface area contributed by atoms with Gasteiger partial charge in [-0.2, -0.15) is 0 Å². The van der Waals surface area contributed by atoms with Crippen LogP contribution in [0.3, 0.4) is 0 Å². The molecule has 0 aliphatic carbocycles. The fraction of sp³-hybridized carbons (Fsp3) is 0.286. The maximum atomic E-state index is 5.57. The van der Waals surface area contributed by atoms with E-state index >= 15 is 0 Å². The predicted molar refractivity (Wildman–Crippen MR) is 71.5 cm³/mol. The molecule has 84 valence electrons. The van der Waals surface area contributed by atoms with Crippen molar-refractivity contribution in [1.82, 2.24) is 0 Å². The van der Waals surface area contributed by atoms with Gasteiger partial charge in [-0.1, -0.05) is 30.0 Å². The zero-order chi connectivity index (χ0) is 11.9. The van der Waals surface area contributed by atoms with Crippen LogP contribution in [0, 0.1) is 11.8 Å². The Morgan fingerprint density at radius 1 is 1.19 bits per heavy atom. The van der Waals surface area contributed by atoms with Crippen LogP contribution in [0.25, 0.3) is 0 Å². The first kappa shape index (κ1) is 12.6. The molecule has 0 N–H and O–H groups in total. The van der Waals surface area contributed by atoms with Gasteiger partial charge in [0.2, 0.25) is 8.32 Å². The molecule has 1 aromatic carbocycles. The number of hydrogen-bond donors (Lipinski definition) is 0. The SMILES string of the molecule is C[Si](C)(C)O/C=C/CC#Cc1ccccc1. The number of hydrogen-bond acceptors (Lipinski definition) is 1. The zero-order valence-corrected chi connectivity index (χ0v) is 11.2. The van der Waals surface area contributed by atoms with Gasteiger partial charge < -0.3 is 4.43 Å². The zero-order valence-electron chi connectivity index (χ0n) is 10.2. The van der Waals surface area contributed by atoms with Crippen molar-refractivity contribution in [3.05, 3.63) is 48.2 Å². The van der Waals surface area contributed by atoms with Crippen LogP contribution in [0.4, 0.5) is 0 Å². The van der Waals surface area contributed by atoms with Crippen LogP contribution in [0.5, 0.6) is 0 Å². The van der Waals surface area contributed by atoms with Crippen LogP contribution in [-0.4, -0.2) is 8.32 Å². The first-order valence-electron chi connectivity index (χ1n) is 5.45. The van der Waals surface area contributed by atoms with Crippen molar-refractivity contribution in [3.63, 3.8) is 0 Å². The minimum atomic E-state index is -1.42. The lowest BCUT2D eigenvalue weighted by Gasteiger charge is -2.14. The van der Waals surface area contributed by atoms with Gasteiger partial charge >= 0.3 is 0 Å². The molecular formula is C14H18OSi. The fourth-order valence-electron chi connectivity index (χ4n) is 1.03. The van der Waals surface area contributed by atoms with Crippen LogP contribution < -0.4 is 0 Å². The summed E-state index contributed by atoms with van der Waals surface area (Å²) in [5.41, 5.74) is 1.06. The van der Waals surface area contributed by atoms with Crippen LogP contribution in [0.1, 0.15) is 12.0 Å². The van der Waals surface area contributed by atoms with E-state index in [0.29, 0.717) is 0 Å². The minimum Gasteiger partial charge on any atom is -0.550 e. The largest absolute Gasteiger partial charge is 0.550 e. The summed E-state index contributed by atoms with van der Waals surface area (Å²) in [6.45, 7) is 6.48. The smallest absolute Gasteiger partial charge is 0.241 e. The molecule has 1 aromatic rings. The summed E-state index contributed by atoms with van der Waals surface area (Å²) in [5, 5.41) is 0. The molecule has 0 saturated carbocycles. The molecule has 0 bridgehead atoms. The highest BCUT2D eigenvalue weighted by atomic mass is 28.4. The van der Waals surface area contributed by atoms with Crippen molar-refractivity contribution < 1.29 is 4.43 Å².